The summed E-state index contributed by atoms with van der Waals surface area (Å²) in [5.41, 5.74) is 7.80. The van der Waals surface area contributed by atoms with Gasteiger partial charge in [0.1, 0.15) is 17.2 Å². The summed E-state index contributed by atoms with van der Waals surface area (Å²) in [4.78, 5) is 34.8. The third kappa shape index (κ3) is 7.75. The van der Waals surface area contributed by atoms with Gasteiger partial charge >= 0.3 is 17.9 Å². The Morgan fingerprint density at radius 3 is 0.965 bits per heavy atom. The van der Waals surface area contributed by atoms with Crippen molar-refractivity contribution in [3.63, 3.8) is 0 Å². The van der Waals surface area contributed by atoms with Crippen LogP contribution in [-0.2, 0) is 53.3 Å². The molecule has 0 aliphatic rings. The predicted octanol–water partition coefficient (Wildman–Crippen LogP) is 7.77. The van der Waals surface area contributed by atoms with Crippen LogP contribution >= 0.6 is 0 Å². The van der Waals surface area contributed by atoms with Crippen LogP contribution in [-0.4, -0.2) is 68.3 Å². The molecule has 294 valence electrons. The Morgan fingerprint density at radius 1 is 0.456 bits per heavy atom. The number of fused-ring (bicyclic) bond motifs is 3. The first-order valence-corrected chi connectivity index (χ1v) is 18.8. The van der Waals surface area contributed by atoms with E-state index in [0.29, 0.717) is 56.1 Å². The van der Waals surface area contributed by atoms with E-state index in [2.05, 4.69) is 13.7 Å². The molecule has 12 heteroatoms. The number of ether oxygens (including phenoxy) is 3. The van der Waals surface area contributed by atoms with Gasteiger partial charge in [0.2, 0.25) is 0 Å². The highest BCUT2D eigenvalue weighted by atomic mass is 16.5. The van der Waals surface area contributed by atoms with Crippen LogP contribution in [0, 0.1) is 0 Å². The van der Waals surface area contributed by atoms with E-state index in [1.54, 1.807) is 21.3 Å². The molecule has 0 saturated heterocycles. The molecule has 3 N–H and O–H groups in total. The highest BCUT2D eigenvalue weighted by Gasteiger charge is 2.29. The number of benzene rings is 4. The molecule has 0 amide bonds. The van der Waals surface area contributed by atoms with Crippen LogP contribution < -0.4 is 14.2 Å². The van der Waals surface area contributed by atoms with Crippen molar-refractivity contribution >= 4 is 50.6 Å². The Kier molecular flexibility index (Phi) is 11.2. The fraction of sp³-hybridized carbons (Fsp3) is 0.267. The van der Waals surface area contributed by atoms with E-state index in [1.807, 2.05) is 91.4 Å². The van der Waals surface area contributed by atoms with Crippen molar-refractivity contribution in [3.05, 3.63) is 125 Å². The second kappa shape index (κ2) is 16.6. The molecule has 0 bridgehead atoms. The van der Waals surface area contributed by atoms with Crippen molar-refractivity contribution < 1.29 is 43.9 Å². The van der Waals surface area contributed by atoms with E-state index < -0.39 is 17.9 Å². The van der Waals surface area contributed by atoms with Crippen LogP contribution in [0.2, 0.25) is 0 Å². The summed E-state index contributed by atoms with van der Waals surface area (Å²) in [6, 6.07) is 23.7. The fourth-order valence-electron chi connectivity index (χ4n) is 8.22. The van der Waals surface area contributed by atoms with Crippen LogP contribution in [0.3, 0.4) is 0 Å². The molecule has 0 saturated carbocycles. The van der Waals surface area contributed by atoms with Gasteiger partial charge in [-0.25, -0.2) is 0 Å². The third-order valence-corrected chi connectivity index (χ3v) is 10.7. The van der Waals surface area contributed by atoms with E-state index in [1.165, 1.54) is 0 Å². The van der Waals surface area contributed by atoms with E-state index in [4.69, 9.17) is 14.2 Å². The quantitative estimate of drug-likeness (QED) is 0.0794. The average molecular weight is 772 g/mol. The number of rotatable bonds is 18. The highest BCUT2D eigenvalue weighted by Crippen LogP contribution is 2.46. The molecule has 0 radical (unpaired) electrons. The summed E-state index contributed by atoms with van der Waals surface area (Å²) >= 11 is 0. The summed E-state index contributed by atoms with van der Waals surface area (Å²) < 4.78 is 25.3. The number of aryl methyl sites for hydroxylation is 3. The lowest BCUT2D eigenvalue weighted by Gasteiger charge is -2.25. The zero-order valence-electron chi connectivity index (χ0n) is 32.2. The molecule has 0 spiro atoms. The molecule has 57 heavy (non-hydrogen) atoms. The first-order chi connectivity index (χ1) is 27.6. The van der Waals surface area contributed by atoms with Gasteiger partial charge in [-0.15, -0.1) is 0 Å². The molecule has 3 heterocycles. The summed E-state index contributed by atoms with van der Waals surface area (Å²) in [6.45, 7) is 0.948. The van der Waals surface area contributed by atoms with Crippen molar-refractivity contribution in [2.45, 2.75) is 58.2 Å². The number of methoxy groups -OCH3 is 3. The lowest BCUT2D eigenvalue weighted by Crippen LogP contribution is -2.14. The maximum Gasteiger partial charge on any atom is 0.303 e. The minimum atomic E-state index is -0.869. The Hall–Kier alpha value is -6.69. The van der Waals surface area contributed by atoms with Crippen molar-refractivity contribution in [2.75, 3.05) is 21.3 Å². The molecule has 7 rings (SSSR count). The Bertz CT molecular complexity index is 2320. The molecule has 0 aliphatic heterocycles. The van der Waals surface area contributed by atoms with E-state index in [9.17, 15) is 29.7 Å². The zero-order chi connectivity index (χ0) is 40.2. The van der Waals surface area contributed by atoms with Gasteiger partial charge < -0.3 is 43.2 Å². The van der Waals surface area contributed by atoms with Crippen LogP contribution in [0.4, 0.5) is 0 Å². The molecule has 7 aromatic rings. The second-order valence-electron chi connectivity index (χ2n) is 14.1. The predicted molar refractivity (Wildman–Crippen MR) is 217 cm³/mol. The van der Waals surface area contributed by atoms with E-state index in [0.717, 1.165) is 66.1 Å². The SMILES string of the molecule is COc1c(Cn2cc(CCC(=O)O)c3ccccc32)c(OC)c(Cn2cc(CCC(=O)O)c3ccccc32)c(OC)c1Cn1cc(CCC(=O)O)c2ccccc21. The minimum absolute atomic E-state index is 0.00393. The zero-order valence-corrected chi connectivity index (χ0v) is 32.2. The summed E-state index contributed by atoms with van der Waals surface area (Å²) in [5, 5.41) is 31.4. The number of nitrogens with zero attached hydrogens (tertiary/aromatic N) is 3. The van der Waals surface area contributed by atoms with Crippen molar-refractivity contribution in [1.82, 2.24) is 13.7 Å². The molecule has 4 aromatic carbocycles. The Balaban J connectivity index is 1.45. The molecule has 0 fully saturated rings. The van der Waals surface area contributed by atoms with Crippen LogP contribution in [0.25, 0.3) is 32.7 Å². The number of hydrogen-bond acceptors (Lipinski definition) is 6. The largest absolute Gasteiger partial charge is 0.496 e. The van der Waals surface area contributed by atoms with E-state index >= 15 is 0 Å². The maximum atomic E-state index is 11.6. The first-order valence-electron chi connectivity index (χ1n) is 18.8. The van der Waals surface area contributed by atoms with Gasteiger partial charge in [-0.2, -0.15) is 0 Å². The number of carbonyl (C=O) groups is 3. The number of carboxylic acid groups (broad SMARTS) is 3. The number of aliphatic carboxylic acids is 3. The molecule has 0 aliphatic carbocycles. The van der Waals surface area contributed by atoms with E-state index in [-0.39, 0.29) is 19.3 Å². The highest BCUT2D eigenvalue weighted by molar-refractivity contribution is 5.87. The Labute approximate surface area is 329 Å². The minimum Gasteiger partial charge on any atom is -0.496 e. The molecule has 12 nitrogen and oxygen atoms in total. The van der Waals surface area contributed by atoms with Crippen LogP contribution in [0.1, 0.15) is 52.6 Å². The molecular weight excluding hydrogens is 727 g/mol. The standard InChI is InChI=1S/C45H45N3O9/c1-55-43-34(25-46-22-28(16-19-40(49)50)31-10-4-7-13-37(31)46)44(56-2)36(27-48-24-30(18-21-42(53)54)33-12-6-9-15-39(33)48)45(57-3)35(43)26-47-23-29(17-20-41(51)52)32-11-5-8-14-38(32)47/h4-15,22-24H,16-21,25-27H2,1-3H3,(H,49,50)(H,51,52)(H,53,54). The number of hydrogen-bond donors (Lipinski definition) is 3. The Morgan fingerprint density at radius 2 is 0.719 bits per heavy atom. The molecular formula is C45H45N3O9. The number of para-hydroxylation sites is 3. The van der Waals surface area contributed by atoms with Gasteiger partial charge in [-0.3, -0.25) is 14.4 Å². The molecule has 0 atom stereocenters. The molecule has 0 unspecified atom stereocenters. The lowest BCUT2D eigenvalue weighted by atomic mass is 9.98. The van der Waals surface area contributed by atoms with Crippen LogP contribution in [0.5, 0.6) is 17.2 Å². The lowest BCUT2D eigenvalue weighted by molar-refractivity contribution is -0.138. The number of aromatic nitrogens is 3. The van der Waals surface area contributed by atoms with Gasteiger partial charge in [0.05, 0.1) is 57.7 Å². The monoisotopic (exact) mass is 771 g/mol. The second-order valence-corrected chi connectivity index (χ2v) is 14.1. The van der Waals surface area contributed by atoms with Crippen molar-refractivity contribution in [1.29, 1.82) is 0 Å². The number of carboxylic acids is 3. The fourth-order valence-corrected chi connectivity index (χ4v) is 8.22. The smallest absolute Gasteiger partial charge is 0.303 e. The summed E-state index contributed by atoms with van der Waals surface area (Å²) in [7, 11) is 4.85. The average Bonchev–Trinajstić information content (AvgIpc) is 3.87. The molecule has 3 aromatic heterocycles. The van der Waals surface area contributed by atoms with Gasteiger partial charge in [-0.1, -0.05) is 54.6 Å². The maximum absolute atomic E-state index is 11.6. The van der Waals surface area contributed by atoms with Gasteiger partial charge in [0.15, 0.2) is 0 Å². The van der Waals surface area contributed by atoms with Gasteiger partial charge in [0, 0.05) is 70.6 Å². The van der Waals surface area contributed by atoms with Crippen molar-refractivity contribution in [3.8, 4) is 17.2 Å². The van der Waals surface area contributed by atoms with Crippen LogP contribution in [0.15, 0.2) is 91.4 Å². The third-order valence-electron chi connectivity index (χ3n) is 10.7. The summed E-state index contributed by atoms with van der Waals surface area (Å²) in [6.07, 6.45) is 7.08. The first kappa shape index (κ1) is 38.6. The van der Waals surface area contributed by atoms with Gasteiger partial charge in [-0.05, 0) is 54.2 Å². The topological polar surface area (TPSA) is 154 Å². The normalized spacial score (nSPS) is 11.4. The summed E-state index contributed by atoms with van der Waals surface area (Å²) in [5.74, 6) is -0.934. The van der Waals surface area contributed by atoms with Crippen molar-refractivity contribution in [2.24, 2.45) is 0 Å². The van der Waals surface area contributed by atoms with Gasteiger partial charge in [0.25, 0.3) is 0 Å².